The van der Waals surface area contributed by atoms with Crippen molar-refractivity contribution in [1.29, 1.82) is 0 Å². The highest BCUT2D eigenvalue weighted by molar-refractivity contribution is 6.26. The molecule has 0 spiro atoms. The minimum atomic E-state index is -0.713. The highest BCUT2D eigenvalue weighted by Crippen LogP contribution is 2.70. The summed E-state index contributed by atoms with van der Waals surface area (Å²) >= 11 is 0. The molecule has 24 heavy (non-hydrogen) atoms. The van der Waals surface area contributed by atoms with Crippen LogP contribution in [0.1, 0.15) is 19.3 Å². The largest absolute Gasteiger partial charge is 0.273 e. The fourth-order valence-corrected chi connectivity index (χ4v) is 5.31. The fraction of sp³-hybridized carbons (Fsp3) is 0.333. The predicted molar refractivity (Wildman–Crippen MR) is 94.2 cm³/mol. The first-order valence-corrected chi connectivity index (χ1v) is 8.47. The molecule has 1 saturated heterocycles. The Balaban J connectivity index is 1.96. The summed E-state index contributed by atoms with van der Waals surface area (Å²) in [4.78, 5) is 28.6. The van der Waals surface area contributed by atoms with Crippen LogP contribution in [0.5, 0.6) is 0 Å². The monoisotopic (exact) mass is 319 g/mol. The number of anilines is 1. The molecule has 1 aliphatic heterocycles. The van der Waals surface area contributed by atoms with Crippen molar-refractivity contribution in [1.82, 2.24) is 0 Å². The van der Waals surface area contributed by atoms with Gasteiger partial charge in [-0.25, -0.2) is 4.90 Å². The Morgan fingerprint density at radius 1 is 0.917 bits per heavy atom. The van der Waals surface area contributed by atoms with Gasteiger partial charge in [-0.05, 0) is 43.2 Å². The molecule has 0 unspecified atom stereocenters. The first-order chi connectivity index (χ1) is 11.6. The van der Waals surface area contributed by atoms with Gasteiger partial charge in [0.05, 0.1) is 16.5 Å². The van der Waals surface area contributed by atoms with Gasteiger partial charge in [0, 0.05) is 0 Å². The minimum Gasteiger partial charge on any atom is -0.273 e. The molecule has 0 aromatic heterocycles. The Morgan fingerprint density at radius 2 is 1.42 bits per heavy atom. The molecule has 3 aliphatic rings. The van der Waals surface area contributed by atoms with E-state index >= 15 is 0 Å². The number of para-hydroxylation sites is 1. The topological polar surface area (TPSA) is 37.4 Å². The number of carbonyl (C=O) groups excluding carboxylic acids is 2. The van der Waals surface area contributed by atoms with Gasteiger partial charge in [-0.1, -0.05) is 42.5 Å². The first-order valence-electron chi connectivity index (χ1n) is 8.47. The lowest BCUT2D eigenvalue weighted by Gasteiger charge is -2.41. The van der Waals surface area contributed by atoms with Gasteiger partial charge in [-0.15, -0.1) is 13.2 Å². The number of allylic oxidation sites excluding steroid dienone is 4. The Labute approximate surface area is 142 Å². The van der Waals surface area contributed by atoms with E-state index in [0.29, 0.717) is 18.5 Å². The molecule has 4 rings (SSSR count). The van der Waals surface area contributed by atoms with Gasteiger partial charge in [0.15, 0.2) is 0 Å². The summed E-state index contributed by atoms with van der Waals surface area (Å²) in [5.41, 5.74) is -0.766. The average Bonchev–Trinajstić information content (AvgIpc) is 3.04. The predicted octanol–water partition coefficient (Wildman–Crippen LogP) is 3.89. The third kappa shape index (κ3) is 1.48. The van der Waals surface area contributed by atoms with Crippen molar-refractivity contribution >= 4 is 17.5 Å². The number of amides is 2. The van der Waals surface area contributed by atoms with Gasteiger partial charge in [-0.3, -0.25) is 9.59 Å². The van der Waals surface area contributed by atoms with E-state index < -0.39 is 10.8 Å². The zero-order valence-corrected chi connectivity index (χ0v) is 13.7. The maximum absolute atomic E-state index is 13.6. The van der Waals surface area contributed by atoms with Crippen molar-refractivity contribution in [2.75, 3.05) is 4.90 Å². The van der Waals surface area contributed by atoms with Crippen molar-refractivity contribution in [2.45, 2.75) is 19.3 Å². The van der Waals surface area contributed by atoms with Crippen molar-refractivity contribution in [2.24, 2.45) is 22.7 Å². The maximum atomic E-state index is 13.6. The molecule has 1 saturated carbocycles. The van der Waals surface area contributed by atoms with Crippen molar-refractivity contribution in [3.05, 3.63) is 67.8 Å². The Hall–Kier alpha value is -2.42. The van der Waals surface area contributed by atoms with Gasteiger partial charge in [0.25, 0.3) is 0 Å². The van der Waals surface area contributed by atoms with Gasteiger partial charge in [0.1, 0.15) is 0 Å². The molecule has 4 atom stereocenters. The molecule has 0 radical (unpaired) electrons. The lowest BCUT2D eigenvalue weighted by Crippen LogP contribution is -2.47. The Kier molecular flexibility index (Phi) is 3.17. The molecule has 0 N–H and O–H groups in total. The summed E-state index contributed by atoms with van der Waals surface area (Å²) in [6.07, 6.45) is 9.83. The molecule has 2 aliphatic carbocycles. The van der Waals surface area contributed by atoms with Crippen LogP contribution in [0.15, 0.2) is 67.8 Å². The lowest BCUT2D eigenvalue weighted by atomic mass is 9.56. The zero-order valence-electron chi connectivity index (χ0n) is 13.7. The summed E-state index contributed by atoms with van der Waals surface area (Å²) in [6.45, 7) is 7.94. The van der Waals surface area contributed by atoms with Crippen LogP contribution in [0, 0.1) is 22.7 Å². The average molecular weight is 319 g/mol. The number of nitrogens with zero attached hydrogens (tertiary/aromatic N) is 1. The molecule has 3 nitrogen and oxygen atoms in total. The smallest absolute Gasteiger partial charge is 0.242 e. The number of benzene rings is 1. The molecule has 1 heterocycles. The number of hydrogen-bond acceptors (Lipinski definition) is 2. The van der Waals surface area contributed by atoms with E-state index in [1.165, 1.54) is 4.90 Å². The number of hydrogen-bond donors (Lipinski definition) is 0. The van der Waals surface area contributed by atoms with E-state index in [-0.39, 0.29) is 23.7 Å². The zero-order chi connectivity index (χ0) is 16.9. The van der Waals surface area contributed by atoms with E-state index in [9.17, 15) is 9.59 Å². The molecule has 2 amide bonds. The summed E-state index contributed by atoms with van der Waals surface area (Å²) in [7, 11) is 0. The Morgan fingerprint density at radius 3 is 1.88 bits per heavy atom. The number of rotatable bonds is 3. The molecular weight excluding hydrogens is 298 g/mol. The van der Waals surface area contributed by atoms with E-state index in [1.54, 1.807) is 0 Å². The SMILES string of the molecule is C=C[C@@H]1C[C@H](C=C)[C@]23CC=CC[C@]12C(=O)N(c1ccccc1)C3=O. The van der Waals surface area contributed by atoms with E-state index in [0.717, 1.165) is 6.42 Å². The molecular formula is C21H21NO2. The molecule has 122 valence electrons. The molecule has 3 heteroatoms. The maximum Gasteiger partial charge on any atom is 0.242 e. The van der Waals surface area contributed by atoms with Crippen LogP contribution in [-0.2, 0) is 9.59 Å². The minimum absolute atomic E-state index is 0.00406. The van der Waals surface area contributed by atoms with Crippen LogP contribution in [0.25, 0.3) is 0 Å². The Bertz CT molecular complexity index is 721. The standard InChI is InChI=1S/C21H21NO2/c1-3-15-14-16(4-2)21-13-9-8-12-20(15,21)18(23)22(19(21)24)17-10-6-5-7-11-17/h3-11,15-16H,1-2,12-14H2/t15-,16+,20-,21+. The van der Waals surface area contributed by atoms with Crippen molar-refractivity contribution in [3.8, 4) is 0 Å². The highest BCUT2D eigenvalue weighted by Gasteiger charge is 2.76. The summed E-state index contributed by atoms with van der Waals surface area (Å²) < 4.78 is 0. The van der Waals surface area contributed by atoms with Crippen LogP contribution in [0.3, 0.4) is 0 Å². The molecule has 0 bridgehead atoms. The summed E-state index contributed by atoms with van der Waals surface area (Å²) in [5.74, 6) is -0.152. The number of imide groups is 1. The van der Waals surface area contributed by atoms with Gasteiger partial charge in [-0.2, -0.15) is 0 Å². The third-order valence-electron chi connectivity index (χ3n) is 6.37. The van der Waals surface area contributed by atoms with E-state index in [1.807, 2.05) is 42.5 Å². The van der Waals surface area contributed by atoms with Crippen LogP contribution >= 0.6 is 0 Å². The van der Waals surface area contributed by atoms with Crippen LogP contribution in [0.2, 0.25) is 0 Å². The van der Waals surface area contributed by atoms with Gasteiger partial charge < -0.3 is 0 Å². The summed E-state index contributed by atoms with van der Waals surface area (Å²) in [6, 6.07) is 9.26. The third-order valence-corrected chi connectivity index (χ3v) is 6.37. The van der Waals surface area contributed by atoms with Crippen LogP contribution < -0.4 is 4.90 Å². The normalized spacial score (nSPS) is 37.2. The second-order valence-corrected chi connectivity index (χ2v) is 7.02. The second-order valence-electron chi connectivity index (χ2n) is 7.02. The van der Waals surface area contributed by atoms with Gasteiger partial charge >= 0.3 is 0 Å². The number of carbonyl (C=O) groups is 2. The van der Waals surface area contributed by atoms with Crippen molar-refractivity contribution in [3.63, 3.8) is 0 Å². The van der Waals surface area contributed by atoms with Crippen LogP contribution in [0.4, 0.5) is 5.69 Å². The molecule has 2 fully saturated rings. The quantitative estimate of drug-likeness (QED) is 0.626. The highest BCUT2D eigenvalue weighted by atomic mass is 16.2. The fourth-order valence-electron chi connectivity index (χ4n) is 5.31. The van der Waals surface area contributed by atoms with E-state index in [2.05, 4.69) is 25.3 Å². The molecule has 1 aromatic carbocycles. The first kappa shape index (κ1) is 15.1. The van der Waals surface area contributed by atoms with Crippen molar-refractivity contribution < 1.29 is 9.59 Å². The molecule has 1 aromatic rings. The van der Waals surface area contributed by atoms with E-state index in [4.69, 9.17) is 0 Å². The second kappa shape index (κ2) is 5.04. The van der Waals surface area contributed by atoms with Gasteiger partial charge in [0.2, 0.25) is 11.8 Å². The summed E-state index contributed by atoms with van der Waals surface area (Å²) in [5, 5.41) is 0. The lowest BCUT2D eigenvalue weighted by molar-refractivity contribution is -0.135. The van der Waals surface area contributed by atoms with Crippen LogP contribution in [-0.4, -0.2) is 11.8 Å².